The van der Waals surface area contributed by atoms with Gasteiger partial charge < -0.3 is 15.4 Å². The zero-order valence-electron chi connectivity index (χ0n) is 16.0. The third-order valence-electron chi connectivity index (χ3n) is 5.16. The van der Waals surface area contributed by atoms with Crippen molar-refractivity contribution in [2.24, 2.45) is 5.73 Å². The third-order valence-corrected chi connectivity index (χ3v) is 5.16. The topological polar surface area (TPSA) is 130 Å². The van der Waals surface area contributed by atoms with Crippen LogP contribution in [0.1, 0.15) is 52.0 Å². The van der Waals surface area contributed by atoms with E-state index in [-0.39, 0.29) is 17.6 Å². The molecule has 29 heavy (non-hydrogen) atoms. The van der Waals surface area contributed by atoms with Crippen molar-refractivity contribution < 1.29 is 14.3 Å². The maximum atomic E-state index is 13.2. The number of hydrogen-bond donors (Lipinski definition) is 3. The Morgan fingerprint density at radius 2 is 2.00 bits per heavy atom. The number of aromatic nitrogens is 4. The highest BCUT2D eigenvalue weighted by Gasteiger charge is 2.31. The van der Waals surface area contributed by atoms with Crippen LogP contribution in [0.2, 0.25) is 0 Å². The van der Waals surface area contributed by atoms with E-state index >= 15 is 0 Å². The number of hydrogen-bond acceptors (Lipinski definition) is 5. The van der Waals surface area contributed by atoms with Crippen molar-refractivity contribution in [3.8, 4) is 17.0 Å². The smallest absolute Gasteiger partial charge is 0.272 e. The SMILES string of the molecule is COc1ccccc1-c1cc(C(=O)N2CCCCC2c2cc(C(N)=O)n[nH]2)[nH]n1. The highest BCUT2D eigenvalue weighted by atomic mass is 16.5. The van der Waals surface area contributed by atoms with E-state index in [0.29, 0.717) is 29.4 Å². The number of nitrogens with one attached hydrogen (secondary N) is 2. The van der Waals surface area contributed by atoms with Crippen molar-refractivity contribution in [3.63, 3.8) is 0 Å². The van der Waals surface area contributed by atoms with Gasteiger partial charge in [-0.05, 0) is 43.5 Å². The number of benzene rings is 1. The average molecular weight is 394 g/mol. The van der Waals surface area contributed by atoms with E-state index in [9.17, 15) is 9.59 Å². The third kappa shape index (κ3) is 3.58. The van der Waals surface area contributed by atoms with Crippen LogP contribution in [0.25, 0.3) is 11.3 Å². The molecule has 4 rings (SSSR count). The molecule has 2 aromatic heterocycles. The van der Waals surface area contributed by atoms with E-state index in [4.69, 9.17) is 10.5 Å². The van der Waals surface area contributed by atoms with Gasteiger partial charge in [0.2, 0.25) is 0 Å². The molecule has 1 unspecified atom stereocenters. The number of rotatable bonds is 5. The Balaban J connectivity index is 1.60. The van der Waals surface area contributed by atoms with Gasteiger partial charge in [-0.2, -0.15) is 10.2 Å². The van der Waals surface area contributed by atoms with Crippen LogP contribution in [-0.4, -0.2) is 50.8 Å². The molecule has 1 saturated heterocycles. The molecule has 1 aliphatic rings. The van der Waals surface area contributed by atoms with Crippen molar-refractivity contribution in [3.05, 3.63) is 53.5 Å². The van der Waals surface area contributed by atoms with Gasteiger partial charge in [0.05, 0.1) is 24.5 Å². The van der Waals surface area contributed by atoms with E-state index in [1.165, 1.54) is 0 Å². The average Bonchev–Trinajstić information content (AvgIpc) is 3.43. The fourth-order valence-corrected chi connectivity index (χ4v) is 3.71. The van der Waals surface area contributed by atoms with Crippen LogP contribution in [0.4, 0.5) is 0 Å². The zero-order valence-corrected chi connectivity index (χ0v) is 16.0. The lowest BCUT2D eigenvalue weighted by Crippen LogP contribution is -2.38. The van der Waals surface area contributed by atoms with Crippen LogP contribution < -0.4 is 10.5 Å². The molecular weight excluding hydrogens is 372 g/mol. The normalized spacial score (nSPS) is 16.6. The van der Waals surface area contributed by atoms with Gasteiger partial charge in [0.15, 0.2) is 0 Å². The van der Waals surface area contributed by atoms with Crippen LogP contribution in [-0.2, 0) is 0 Å². The van der Waals surface area contributed by atoms with Gasteiger partial charge >= 0.3 is 0 Å². The molecule has 0 aliphatic carbocycles. The molecule has 1 atom stereocenters. The molecule has 4 N–H and O–H groups in total. The molecule has 0 saturated carbocycles. The molecule has 0 spiro atoms. The monoisotopic (exact) mass is 394 g/mol. The Bertz CT molecular complexity index is 1040. The van der Waals surface area contributed by atoms with Crippen molar-refractivity contribution in [1.82, 2.24) is 25.3 Å². The minimum Gasteiger partial charge on any atom is -0.496 e. The summed E-state index contributed by atoms with van der Waals surface area (Å²) in [5.74, 6) is -0.0694. The molecule has 9 nitrogen and oxygen atoms in total. The second-order valence-corrected chi connectivity index (χ2v) is 6.95. The van der Waals surface area contributed by atoms with Crippen molar-refractivity contribution >= 4 is 11.8 Å². The number of carbonyl (C=O) groups excluding carboxylic acids is 2. The Morgan fingerprint density at radius 3 is 2.76 bits per heavy atom. The summed E-state index contributed by atoms with van der Waals surface area (Å²) in [6.45, 7) is 0.609. The minimum absolute atomic E-state index is 0.154. The standard InChI is InChI=1S/C20H22N6O3/c1-29-18-8-3-2-6-12(18)13-10-16(25-22-13)20(28)26-9-5-4-7-17(26)14-11-15(19(21)27)24-23-14/h2-3,6,8,10-11,17H,4-5,7,9H2,1H3,(H2,21,27)(H,22,25)(H,23,24). The maximum Gasteiger partial charge on any atom is 0.272 e. The summed E-state index contributed by atoms with van der Waals surface area (Å²) in [4.78, 5) is 26.4. The van der Waals surface area contributed by atoms with E-state index in [1.807, 2.05) is 24.3 Å². The molecule has 3 heterocycles. The van der Waals surface area contributed by atoms with Crippen molar-refractivity contribution in [2.45, 2.75) is 25.3 Å². The Hall–Kier alpha value is -3.62. The number of primary amides is 1. The molecule has 0 bridgehead atoms. The van der Waals surface area contributed by atoms with E-state index in [1.54, 1.807) is 24.1 Å². The molecule has 1 fully saturated rings. The van der Waals surface area contributed by atoms with Crippen molar-refractivity contribution in [1.29, 1.82) is 0 Å². The van der Waals surface area contributed by atoms with Crippen LogP contribution in [0, 0.1) is 0 Å². The number of piperidine rings is 1. The number of aromatic amines is 2. The number of likely N-dealkylation sites (tertiary alicyclic amines) is 1. The summed E-state index contributed by atoms with van der Waals surface area (Å²) in [5.41, 5.74) is 8.01. The molecular formula is C20H22N6O3. The fraction of sp³-hybridized carbons (Fsp3) is 0.300. The van der Waals surface area contributed by atoms with Crippen LogP contribution in [0.5, 0.6) is 5.75 Å². The minimum atomic E-state index is -0.601. The second-order valence-electron chi connectivity index (χ2n) is 6.95. The molecule has 150 valence electrons. The number of H-pyrrole nitrogens is 2. The number of nitrogens with two attached hydrogens (primary N) is 1. The van der Waals surface area contributed by atoms with Gasteiger partial charge in [-0.1, -0.05) is 12.1 Å². The molecule has 2 amide bonds. The van der Waals surface area contributed by atoms with Crippen LogP contribution in [0.3, 0.4) is 0 Å². The lowest BCUT2D eigenvalue weighted by atomic mass is 9.98. The maximum absolute atomic E-state index is 13.2. The van der Waals surface area contributed by atoms with Crippen LogP contribution in [0.15, 0.2) is 36.4 Å². The van der Waals surface area contributed by atoms with Gasteiger partial charge in [0, 0.05) is 12.1 Å². The largest absolute Gasteiger partial charge is 0.496 e. The number of nitrogens with zero attached hydrogens (tertiary/aromatic N) is 3. The predicted molar refractivity (Wildman–Crippen MR) is 105 cm³/mol. The summed E-state index contributed by atoms with van der Waals surface area (Å²) in [7, 11) is 1.60. The Kier molecular flexibility index (Phi) is 5.03. The van der Waals surface area contributed by atoms with Gasteiger partial charge in [0.25, 0.3) is 11.8 Å². The summed E-state index contributed by atoms with van der Waals surface area (Å²) in [6, 6.07) is 10.7. The molecule has 0 radical (unpaired) electrons. The first kappa shape index (κ1) is 18.7. The summed E-state index contributed by atoms with van der Waals surface area (Å²) in [6.07, 6.45) is 2.67. The lowest BCUT2D eigenvalue weighted by molar-refractivity contribution is 0.0600. The summed E-state index contributed by atoms with van der Waals surface area (Å²) < 4.78 is 5.38. The first-order chi connectivity index (χ1) is 14.1. The highest BCUT2D eigenvalue weighted by Crippen LogP contribution is 2.33. The second kappa shape index (κ2) is 7.78. The number of ether oxygens (including phenoxy) is 1. The fourth-order valence-electron chi connectivity index (χ4n) is 3.71. The number of para-hydroxylation sites is 1. The lowest BCUT2D eigenvalue weighted by Gasteiger charge is -2.34. The molecule has 9 heteroatoms. The number of methoxy groups -OCH3 is 1. The Morgan fingerprint density at radius 1 is 1.17 bits per heavy atom. The van der Waals surface area contributed by atoms with Crippen molar-refractivity contribution in [2.75, 3.05) is 13.7 Å². The zero-order chi connectivity index (χ0) is 20.4. The van der Waals surface area contributed by atoms with Gasteiger partial charge in [0.1, 0.15) is 17.1 Å². The summed E-state index contributed by atoms with van der Waals surface area (Å²) >= 11 is 0. The van der Waals surface area contributed by atoms with E-state index in [0.717, 1.165) is 24.8 Å². The highest BCUT2D eigenvalue weighted by molar-refractivity contribution is 5.94. The summed E-state index contributed by atoms with van der Waals surface area (Å²) in [5, 5.41) is 14.0. The van der Waals surface area contributed by atoms with Crippen LogP contribution >= 0.6 is 0 Å². The predicted octanol–water partition coefficient (Wildman–Crippen LogP) is 2.27. The first-order valence-electron chi connectivity index (χ1n) is 9.43. The quantitative estimate of drug-likeness (QED) is 0.611. The molecule has 3 aromatic rings. The van der Waals surface area contributed by atoms with Gasteiger partial charge in [-0.3, -0.25) is 19.8 Å². The molecule has 1 aromatic carbocycles. The Labute approximate surface area is 167 Å². The number of carbonyl (C=O) groups is 2. The van der Waals surface area contributed by atoms with E-state index in [2.05, 4.69) is 20.4 Å². The van der Waals surface area contributed by atoms with Gasteiger partial charge in [-0.25, -0.2) is 0 Å². The number of amides is 2. The van der Waals surface area contributed by atoms with Gasteiger partial charge in [-0.15, -0.1) is 0 Å². The first-order valence-corrected chi connectivity index (χ1v) is 9.43. The van der Waals surface area contributed by atoms with E-state index < -0.39 is 5.91 Å². The molecule has 1 aliphatic heterocycles.